The molecule has 23 heavy (non-hydrogen) atoms. The number of rotatable bonds is 8. The predicted octanol–water partition coefficient (Wildman–Crippen LogP) is 3.87. The van der Waals surface area contributed by atoms with Crippen LogP contribution in [0.3, 0.4) is 0 Å². The number of halogens is 2. The van der Waals surface area contributed by atoms with Crippen LogP contribution in [0.25, 0.3) is 0 Å². The maximum Gasteiger partial charge on any atom is 0.130 e. The minimum absolute atomic E-state index is 0.0554. The van der Waals surface area contributed by atoms with Crippen molar-refractivity contribution in [1.82, 2.24) is 9.78 Å². The van der Waals surface area contributed by atoms with Crippen LogP contribution in [0, 0.1) is 0 Å². The first-order chi connectivity index (χ1) is 11.0. The van der Waals surface area contributed by atoms with Crippen molar-refractivity contribution in [2.24, 2.45) is 0 Å². The summed E-state index contributed by atoms with van der Waals surface area (Å²) in [6, 6.07) is 0. The van der Waals surface area contributed by atoms with Gasteiger partial charge in [-0.2, -0.15) is 5.10 Å². The quantitative estimate of drug-likeness (QED) is 0.718. The fourth-order valence-electron chi connectivity index (χ4n) is 2.46. The van der Waals surface area contributed by atoms with Gasteiger partial charge in [0.05, 0.1) is 18.8 Å². The van der Waals surface area contributed by atoms with Gasteiger partial charge in [-0.15, -0.1) is 0 Å². The average Bonchev–Trinajstić information content (AvgIpc) is 2.85. The van der Waals surface area contributed by atoms with E-state index in [2.05, 4.69) is 12.0 Å². The number of hydrogen-bond donors (Lipinski definition) is 1. The van der Waals surface area contributed by atoms with Crippen molar-refractivity contribution < 1.29 is 5.11 Å². The normalized spacial score (nSPS) is 13.2. The van der Waals surface area contributed by atoms with E-state index in [1.54, 1.807) is 0 Å². The lowest BCUT2D eigenvalue weighted by Gasteiger charge is -2.17. The Hall–Kier alpha value is -1.23. The van der Waals surface area contributed by atoms with Crippen molar-refractivity contribution >= 4 is 29.0 Å². The summed E-state index contributed by atoms with van der Waals surface area (Å²) in [5, 5.41) is 14.6. The first-order valence-corrected chi connectivity index (χ1v) is 8.45. The molecule has 1 aromatic rings. The van der Waals surface area contributed by atoms with Crippen LogP contribution >= 0.6 is 23.2 Å². The maximum absolute atomic E-state index is 9.27. The summed E-state index contributed by atoms with van der Waals surface area (Å²) in [6.07, 6.45) is 7.09. The Bertz CT molecular complexity index is 601. The summed E-state index contributed by atoms with van der Waals surface area (Å²) in [4.78, 5) is 2.02. The van der Waals surface area contributed by atoms with E-state index in [4.69, 9.17) is 23.2 Å². The second kappa shape index (κ2) is 9.81. The minimum atomic E-state index is 0.0554. The van der Waals surface area contributed by atoms with E-state index in [1.165, 1.54) is 5.54 Å². The van der Waals surface area contributed by atoms with Gasteiger partial charge in [-0.05, 0) is 31.1 Å². The summed E-state index contributed by atoms with van der Waals surface area (Å²) in [5.41, 5.74) is 4.65. The van der Waals surface area contributed by atoms with Gasteiger partial charge in [0.1, 0.15) is 5.82 Å². The molecule has 0 aliphatic rings. The molecule has 0 aromatic carbocycles. The molecule has 0 saturated carbocycles. The molecule has 0 unspecified atom stereocenters. The highest BCUT2D eigenvalue weighted by atomic mass is 35.5. The molecule has 1 rings (SSSR count). The monoisotopic (exact) mass is 357 g/mol. The number of aromatic nitrogens is 2. The highest BCUT2D eigenvalue weighted by Crippen LogP contribution is 2.27. The summed E-state index contributed by atoms with van der Waals surface area (Å²) in [7, 11) is 3.96. The van der Waals surface area contributed by atoms with Gasteiger partial charge < -0.3 is 10.0 Å². The van der Waals surface area contributed by atoms with Crippen LogP contribution in [-0.4, -0.2) is 35.6 Å². The molecule has 0 fully saturated rings. The molecule has 0 aliphatic heterocycles. The molecule has 128 valence electrons. The zero-order valence-electron chi connectivity index (χ0n) is 14.2. The molecule has 0 radical (unpaired) electrons. The Morgan fingerprint density at radius 1 is 1.39 bits per heavy atom. The molecule has 4 nitrogen and oxygen atoms in total. The molecule has 1 aromatic heterocycles. The maximum atomic E-state index is 9.27. The number of aliphatic hydroxyl groups excluding tert-OH is 1. The van der Waals surface area contributed by atoms with Gasteiger partial charge in [0.2, 0.25) is 0 Å². The van der Waals surface area contributed by atoms with Crippen molar-refractivity contribution in [2.45, 2.75) is 33.2 Å². The van der Waals surface area contributed by atoms with Crippen LogP contribution in [0.4, 0.5) is 5.82 Å². The largest absolute Gasteiger partial charge is 0.394 e. The van der Waals surface area contributed by atoms with Crippen molar-refractivity contribution in [3.8, 4) is 0 Å². The summed E-state index contributed by atoms with van der Waals surface area (Å²) >= 11 is 11.9. The van der Waals surface area contributed by atoms with E-state index in [1.807, 2.05) is 48.8 Å². The molecule has 6 heteroatoms. The van der Waals surface area contributed by atoms with E-state index in [9.17, 15) is 5.11 Å². The lowest BCUT2D eigenvalue weighted by atomic mass is 10.0. The number of hydrogen-bond acceptors (Lipinski definition) is 3. The van der Waals surface area contributed by atoms with Crippen LogP contribution in [0.1, 0.15) is 25.1 Å². The number of anilines is 1. The van der Waals surface area contributed by atoms with Gasteiger partial charge in [-0.3, -0.25) is 0 Å². The van der Waals surface area contributed by atoms with Crippen molar-refractivity contribution in [3.05, 3.63) is 45.6 Å². The van der Waals surface area contributed by atoms with Crippen LogP contribution < -0.4 is 4.90 Å². The Morgan fingerprint density at radius 3 is 2.57 bits per heavy atom. The Balaban J connectivity index is 3.36. The highest BCUT2D eigenvalue weighted by molar-refractivity contribution is 6.31. The van der Waals surface area contributed by atoms with Crippen molar-refractivity contribution in [1.29, 1.82) is 0 Å². The molecular formula is C17H25Cl2N3O. The number of nitrogens with zero attached hydrogens (tertiary/aromatic N) is 3. The molecular weight excluding hydrogens is 333 g/mol. The average molecular weight is 358 g/mol. The highest BCUT2D eigenvalue weighted by Gasteiger charge is 2.18. The smallest absolute Gasteiger partial charge is 0.130 e. The zero-order valence-corrected chi connectivity index (χ0v) is 15.7. The molecule has 0 spiro atoms. The van der Waals surface area contributed by atoms with Crippen molar-refractivity contribution in [3.63, 3.8) is 0 Å². The van der Waals surface area contributed by atoms with E-state index >= 15 is 0 Å². The van der Waals surface area contributed by atoms with E-state index in [0.29, 0.717) is 18.0 Å². The number of aryl methyl sites for hydroxylation is 1. The second-order valence-corrected chi connectivity index (χ2v) is 5.99. The molecule has 0 bridgehead atoms. The standard InChI is InChI=1S/C17H25Cl2N3O/c1-5-14(19)11-13(7-8-18)12-15-16(6-2)20-22(9-10-23)17(15)21(3)4/h5,7-8,11,23H,6,9-10,12H2,1-4H3/b8-7+,13-11+,14-5+. The Labute approximate surface area is 148 Å². The first-order valence-electron chi connectivity index (χ1n) is 7.64. The van der Waals surface area contributed by atoms with Gasteiger partial charge >= 0.3 is 0 Å². The summed E-state index contributed by atoms with van der Waals surface area (Å²) in [5.74, 6) is 1.00. The van der Waals surface area contributed by atoms with Crippen LogP contribution in [0.2, 0.25) is 0 Å². The fraction of sp³-hybridized carbons (Fsp3) is 0.471. The molecule has 0 saturated heterocycles. The van der Waals surface area contributed by atoms with E-state index in [-0.39, 0.29) is 6.61 Å². The van der Waals surface area contributed by atoms with Gasteiger partial charge in [0.25, 0.3) is 0 Å². The van der Waals surface area contributed by atoms with E-state index in [0.717, 1.165) is 29.1 Å². The van der Waals surface area contributed by atoms with Gasteiger partial charge in [-0.1, -0.05) is 36.2 Å². The van der Waals surface area contributed by atoms with Crippen LogP contribution in [0.5, 0.6) is 0 Å². The summed E-state index contributed by atoms with van der Waals surface area (Å²) in [6.45, 7) is 4.50. The van der Waals surface area contributed by atoms with Gasteiger partial charge in [0.15, 0.2) is 0 Å². The number of allylic oxidation sites excluding steroid dienone is 5. The fourth-order valence-corrected chi connectivity index (χ4v) is 2.76. The van der Waals surface area contributed by atoms with E-state index < -0.39 is 0 Å². The lowest BCUT2D eigenvalue weighted by molar-refractivity contribution is 0.269. The molecule has 1 heterocycles. The predicted molar refractivity (Wildman–Crippen MR) is 99.4 cm³/mol. The topological polar surface area (TPSA) is 41.3 Å². The van der Waals surface area contributed by atoms with Gasteiger partial charge in [0, 0.05) is 36.6 Å². The van der Waals surface area contributed by atoms with Gasteiger partial charge in [-0.25, -0.2) is 4.68 Å². The Kier molecular flexibility index (Phi) is 8.45. The molecule has 1 N–H and O–H groups in total. The zero-order chi connectivity index (χ0) is 17.4. The molecule has 0 aliphatic carbocycles. The summed E-state index contributed by atoms with van der Waals surface area (Å²) < 4.78 is 1.85. The molecule has 0 atom stereocenters. The second-order valence-electron chi connectivity index (χ2n) is 5.31. The number of aliphatic hydroxyl groups is 1. The third-order valence-corrected chi connectivity index (χ3v) is 3.88. The Morgan fingerprint density at radius 2 is 2.09 bits per heavy atom. The SMILES string of the molecule is C\C=C(Cl)/C=C(\C=C\Cl)Cc1c(CC)nn(CCO)c1N(C)C. The third-order valence-electron chi connectivity index (χ3n) is 3.43. The van der Waals surface area contributed by atoms with Crippen LogP contribution in [-0.2, 0) is 19.4 Å². The van der Waals surface area contributed by atoms with Crippen molar-refractivity contribution in [2.75, 3.05) is 25.6 Å². The minimum Gasteiger partial charge on any atom is -0.394 e. The molecule has 0 amide bonds. The third kappa shape index (κ3) is 5.41. The van der Waals surface area contributed by atoms with Crippen LogP contribution in [0.15, 0.2) is 34.4 Å². The first kappa shape index (κ1) is 19.8. The lowest BCUT2D eigenvalue weighted by Crippen LogP contribution is -2.18.